The van der Waals surface area contributed by atoms with Crippen LogP contribution in [-0.2, 0) is 4.79 Å². The van der Waals surface area contributed by atoms with Crippen molar-refractivity contribution in [2.75, 3.05) is 6.54 Å². The molecule has 1 amide bonds. The fourth-order valence-corrected chi connectivity index (χ4v) is 2.93. The van der Waals surface area contributed by atoms with Crippen LogP contribution in [0.4, 0.5) is 0 Å². The minimum atomic E-state index is -0.419. The lowest BCUT2D eigenvalue weighted by atomic mass is 10.1. The Hall–Kier alpha value is -0.620. The van der Waals surface area contributed by atoms with E-state index in [2.05, 4.69) is 10.6 Å². The smallest absolute Gasteiger partial charge is 0.237 e. The standard InChI is InChI=1S/C11H15ClN2O2S/c1-6(9-2-3-10(12)17-9)14-11(16)8-4-7(15)5-13-8/h2-3,6-8,13,15H,4-5H2,1H3,(H,14,16)/t6-,7-,8-/m0/s1. The third kappa shape index (κ3) is 3.19. The molecule has 1 aliphatic heterocycles. The molecular weight excluding hydrogens is 260 g/mol. The Kier molecular flexibility index (Phi) is 4.04. The first-order chi connectivity index (χ1) is 8.06. The molecule has 1 aromatic rings. The number of β-amino-alcohol motifs (C(OH)–C–C–N with tert-alkyl or cyclic N) is 1. The van der Waals surface area contributed by atoms with Crippen LogP contribution in [0.1, 0.15) is 24.3 Å². The van der Waals surface area contributed by atoms with E-state index in [0.717, 1.165) is 9.21 Å². The molecule has 0 saturated carbocycles. The third-order valence-electron chi connectivity index (χ3n) is 2.80. The zero-order valence-electron chi connectivity index (χ0n) is 9.44. The van der Waals surface area contributed by atoms with Gasteiger partial charge in [-0.25, -0.2) is 0 Å². The summed E-state index contributed by atoms with van der Waals surface area (Å²) in [5.41, 5.74) is 0. The summed E-state index contributed by atoms with van der Waals surface area (Å²) in [4.78, 5) is 12.9. The number of aliphatic hydroxyl groups excluding tert-OH is 1. The number of amides is 1. The van der Waals surface area contributed by atoms with E-state index in [-0.39, 0.29) is 18.0 Å². The maximum atomic E-state index is 11.9. The molecule has 1 aromatic heterocycles. The lowest BCUT2D eigenvalue weighted by Crippen LogP contribution is -2.41. The highest BCUT2D eigenvalue weighted by molar-refractivity contribution is 7.16. The van der Waals surface area contributed by atoms with Gasteiger partial charge in [-0.2, -0.15) is 0 Å². The van der Waals surface area contributed by atoms with Gasteiger partial charge >= 0.3 is 0 Å². The van der Waals surface area contributed by atoms with Crippen LogP contribution >= 0.6 is 22.9 Å². The average molecular weight is 275 g/mol. The van der Waals surface area contributed by atoms with Crippen molar-refractivity contribution in [3.8, 4) is 0 Å². The number of hydrogen-bond donors (Lipinski definition) is 3. The highest BCUT2D eigenvalue weighted by Gasteiger charge is 2.28. The Morgan fingerprint density at radius 2 is 2.47 bits per heavy atom. The van der Waals surface area contributed by atoms with Crippen molar-refractivity contribution in [3.63, 3.8) is 0 Å². The summed E-state index contributed by atoms with van der Waals surface area (Å²) in [7, 11) is 0. The Morgan fingerprint density at radius 1 is 1.71 bits per heavy atom. The van der Waals surface area contributed by atoms with Gasteiger partial charge in [0.15, 0.2) is 0 Å². The second-order valence-electron chi connectivity index (χ2n) is 4.22. The molecule has 2 rings (SSSR count). The minimum absolute atomic E-state index is 0.0560. The lowest BCUT2D eigenvalue weighted by Gasteiger charge is -2.16. The van der Waals surface area contributed by atoms with E-state index < -0.39 is 6.10 Å². The topological polar surface area (TPSA) is 61.4 Å². The number of rotatable bonds is 3. The molecule has 2 heterocycles. The highest BCUT2D eigenvalue weighted by atomic mass is 35.5. The van der Waals surface area contributed by atoms with Crippen molar-refractivity contribution in [2.45, 2.75) is 31.5 Å². The Balaban J connectivity index is 1.90. The Morgan fingerprint density at radius 3 is 3.00 bits per heavy atom. The molecule has 1 aliphatic rings. The molecular formula is C11H15ClN2O2S. The monoisotopic (exact) mass is 274 g/mol. The lowest BCUT2D eigenvalue weighted by molar-refractivity contribution is -0.123. The van der Waals surface area contributed by atoms with Crippen LogP contribution < -0.4 is 10.6 Å². The highest BCUT2D eigenvalue weighted by Crippen LogP contribution is 2.26. The van der Waals surface area contributed by atoms with Crippen LogP contribution in [0.25, 0.3) is 0 Å². The van der Waals surface area contributed by atoms with Gasteiger partial charge in [-0.15, -0.1) is 11.3 Å². The summed E-state index contributed by atoms with van der Waals surface area (Å²) in [6, 6.07) is 3.39. The molecule has 94 valence electrons. The van der Waals surface area contributed by atoms with Gasteiger partial charge < -0.3 is 15.7 Å². The first-order valence-electron chi connectivity index (χ1n) is 5.53. The fraction of sp³-hybridized carbons (Fsp3) is 0.545. The molecule has 17 heavy (non-hydrogen) atoms. The molecule has 3 atom stereocenters. The summed E-state index contributed by atoms with van der Waals surface area (Å²) in [5.74, 6) is -0.0708. The quantitative estimate of drug-likeness (QED) is 0.779. The summed E-state index contributed by atoms with van der Waals surface area (Å²) < 4.78 is 0.718. The number of aliphatic hydroxyl groups is 1. The van der Waals surface area contributed by atoms with E-state index in [1.54, 1.807) is 0 Å². The predicted molar refractivity (Wildman–Crippen MR) is 68.3 cm³/mol. The van der Waals surface area contributed by atoms with Crippen molar-refractivity contribution in [2.24, 2.45) is 0 Å². The van der Waals surface area contributed by atoms with E-state index in [0.29, 0.717) is 13.0 Å². The van der Waals surface area contributed by atoms with Crippen LogP contribution in [0.5, 0.6) is 0 Å². The number of hydrogen-bond acceptors (Lipinski definition) is 4. The summed E-state index contributed by atoms with van der Waals surface area (Å²) in [6.45, 7) is 2.41. The van der Waals surface area contributed by atoms with Gasteiger partial charge in [0.2, 0.25) is 5.91 Å². The van der Waals surface area contributed by atoms with Crippen molar-refractivity contribution in [3.05, 3.63) is 21.3 Å². The van der Waals surface area contributed by atoms with Crippen molar-refractivity contribution in [1.29, 1.82) is 0 Å². The SMILES string of the molecule is C[C@H](NC(=O)[C@@H]1C[C@H](O)CN1)c1ccc(Cl)s1. The van der Waals surface area contributed by atoms with Gasteiger partial charge in [0.25, 0.3) is 0 Å². The van der Waals surface area contributed by atoms with Gasteiger partial charge in [-0.05, 0) is 25.5 Å². The van der Waals surface area contributed by atoms with Gasteiger partial charge in [-0.3, -0.25) is 4.79 Å². The number of carbonyl (C=O) groups is 1. The molecule has 4 nitrogen and oxygen atoms in total. The Bertz CT molecular complexity index is 410. The predicted octanol–water partition coefficient (Wildman–Crippen LogP) is 1.30. The molecule has 0 spiro atoms. The van der Waals surface area contributed by atoms with Crippen molar-refractivity contribution < 1.29 is 9.90 Å². The first-order valence-corrected chi connectivity index (χ1v) is 6.73. The average Bonchev–Trinajstić information content (AvgIpc) is 2.87. The third-order valence-corrected chi connectivity index (χ3v) is 4.22. The van der Waals surface area contributed by atoms with Gasteiger partial charge in [0.05, 0.1) is 22.5 Å². The van der Waals surface area contributed by atoms with Crippen LogP contribution in [-0.4, -0.2) is 29.7 Å². The van der Waals surface area contributed by atoms with E-state index >= 15 is 0 Å². The van der Waals surface area contributed by atoms with Crippen LogP contribution in [0.3, 0.4) is 0 Å². The molecule has 0 aromatic carbocycles. The summed E-state index contributed by atoms with van der Waals surface area (Å²) in [6.07, 6.45) is 0.0567. The molecule has 1 fully saturated rings. The van der Waals surface area contributed by atoms with Crippen molar-refractivity contribution >= 4 is 28.8 Å². The normalized spacial score (nSPS) is 25.8. The van der Waals surface area contributed by atoms with Crippen LogP contribution in [0.2, 0.25) is 4.34 Å². The second kappa shape index (κ2) is 5.35. The zero-order valence-corrected chi connectivity index (χ0v) is 11.0. The zero-order chi connectivity index (χ0) is 12.4. The van der Waals surface area contributed by atoms with Gasteiger partial charge in [-0.1, -0.05) is 11.6 Å². The van der Waals surface area contributed by atoms with Gasteiger partial charge in [0, 0.05) is 11.4 Å². The van der Waals surface area contributed by atoms with Gasteiger partial charge in [0.1, 0.15) is 0 Å². The molecule has 0 bridgehead atoms. The first kappa shape index (κ1) is 12.8. The fourth-order valence-electron chi connectivity index (χ4n) is 1.86. The second-order valence-corrected chi connectivity index (χ2v) is 5.97. The van der Waals surface area contributed by atoms with E-state index in [1.165, 1.54) is 11.3 Å². The molecule has 3 N–H and O–H groups in total. The molecule has 0 radical (unpaired) electrons. The maximum absolute atomic E-state index is 11.9. The molecule has 1 saturated heterocycles. The molecule has 0 aliphatic carbocycles. The maximum Gasteiger partial charge on any atom is 0.237 e. The molecule has 6 heteroatoms. The Labute approximate surface area is 109 Å². The number of halogens is 1. The summed E-state index contributed by atoms with van der Waals surface area (Å²) in [5, 5.41) is 15.2. The van der Waals surface area contributed by atoms with Crippen molar-refractivity contribution in [1.82, 2.24) is 10.6 Å². The largest absolute Gasteiger partial charge is 0.392 e. The number of carbonyl (C=O) groups excluding carboxylic acids is 1. The molecule has 0 unspecified atom stereocenters. The number of nitrogens with one attached hydrogen (secondary N) is 2. The minimum Gasteiger partial charge on any atom is -0.392 e. The van der Waals surface area contributed by atoms with E-state index in [1.807, 2.05) is 19.1 Å². The van der Waals surface area contributed by atoms with E-state index in [4.69, 9.17) is 11.6 Å². The van der Waals surface area contributed by atoms with E-state index in [9.17, 15) is 9.90 Å². The number of thiophene rings is 1. The summed E-state index contributed by atoms with van der Waals surface area (Å²) >= 11 is 7.31. The van der Waals surface area contributed by atoms with Crippen LogP contribution in [0, 0.1) is 0 Å². The van der Waals surface area contributed by atoms with Crippen LogP contribution in [0.15, 0.2) is 12.1 Å².